The number of hydrogen-bond donors (Lipinski definition) is 1. The molecule has 0 amide bonds. The van der Waals surface area contributed by atoms with Crippen molar-refractivity contribution in [3.05, 3.63) is 89.5 Å². The molecule has 2 fully saturated rings. The summed E-state index contributed by atoms with van der Waals surface area (Å²) in [7, 11) is 0. The van der Waals surface area contributed by atoms with Crippen molar-refractivity contribution < 1.29 is 23.8 Å². The van der Waals surface area contributed by atoms with Gasteiger partial charge in [0.05, 0.1) is 5.56 Å². The van der Waals surface area contributed by atoms with Gasteiger partial charge in [0.1, 0.15) is 17.6 Å². The molecule has 0 heterocycles. The number of esters is 1. The van der Waals surface area contributed by atoms with E-state index in [1.807, 2.05) is 30.3 Å². The van der Waals surface area contributed by atoms with E-state index in [4.69, 9.17) is 19.9 Å². The van der Waals surface area contributed by atoms with Crippen molar-refractivity contribution in [1.29, 1.82) is 0 Å². The highest BCUT2D eigenvalue weighted by molar-refractivity contribution is 5.91. The first-order valence-electron chi connectivity index (χ1n) is 13.5. The number of ether oxygens (including phenoxy) is 3. The molecule has 0 aliphatic heterocycles. The van der Waals surface area contributed by atoms with Crippen LogP contribution < -0.4 is 15.2 Å². The first-order chi connectivity index (χ1) is 18.4. The number of carbonyl (C=O) groups is 2. The van der Waals surface area contributed by atoms with Crippen LogP contribution in [-0.2, 0) is 11.2 Å². The molecule has 38 heavy (non-hydrogen) atoms. The number of nitrogens with two attached hydrogens (primary N) is 1. The van der Waals surface area contributed by atoms with Gasteiger partial charge in [0.2, 0.25) is 0 Å². The van der Waals surface area contributed by atoms with Gasteiger partial charge in [-0.15, -0.1) is 0 Å². The van der Waals surface area contributed by atoms with Crippen LogP contribution >= 0.6 is 0 Å². The molecule has 3 aromatic carbocycles. The summed E-state index contributed by atoms with van der Waals surface area (Å²) in [6, 6.07) is 22.0. The molecule has 0 bridgehead atoms. The molecule has 0 radical (unpaired) electrons. The Hall–Kier alpha value is -3.80. The molecule has 6 nitrogen and oxygen atoms in total. The predicted molar refractivity (Wildman–Crippen MR) is 144 cm³/mol. The fraction of sp³-hybridized carbons (Fsp3) is 0.375. The number of anilines is 1. The van der Waals surface area contributed by atoms with Crippen LogP contribution in [0.1, 0.15) is 66.4 Å². The van der Waals surface area contributed by atoms with Crippen molar-refractivity contribution in [1.82, 2.24) is 0 Å². The number of fused-ring (bicyclic) bond motifs is 5. The molecule has 0 saturated heterocycles. The van der Waals surface area contributed by atoms with Crippen LogP contribution in [0.4, 0.5) is 10.5 Å². The van der Waals surface area contributed by atoms with Gasteiger partial charge < -0.3 is 19.9 Å². The number of aryl methyl sites for hydroxylation is 1. The fourth-order valence-corrected chi connectivity index (χ4v) is 7.28. The molecule has 6 rings (SSSR count). The van der Waals surface area contributed by atoms with Crippen molar-refractivity contribution in [3.8, 4) is 11.5 Å². The summed E-state index contributed by atoms with van der Waals surface area (Å²) in [4.78, 5) is 25.1. The highest BCUT2D eigenvalue weighted by Crippen LogP contribution is 2.61. The second kappa shape index (κ2) is 9.82. The lowest BCUT2D eigenvalue weighted by Crippen LogP contribution is -2.45. The van der Waals surface area contributed by atoms with E-state index in [0.717, 1.165) is 38.5 Å². The summed E-state index contributed by atoms with van der Waals surface area (Å²) in [6.45, 7) is 2.30. The predicted octanol–water partition coefficient (Wildman–Crippen LogP) is 6.93. The molecule has 0 spiro atoms. The number of benzene rings is 3. The lowest BCUT2D eigenvalue weighted by atomic mass is 9.55. The van der Waals surface area contributed by atoms with Gasteiger partial charge in [-0.1, -0.05) is 31.2 Å². The average Bonchev–Trinajstić information content (AvgIpc) is 3.26. The molecule has 2 N–H and O–H groups in total. The largest absolute Gasteiger partial charge is 0.514 e. The molecule has 3 aliphatic carbocycles. The monoisotopic (exact) mass is 511 g/mol. The Labute approximate surface area is 223 Å². The quantitative estimate of drug-likeness (QED) is 0.177. The molecular formula is C32H33NO5. The third-order valence-corrected chi connectivity index (χ3v) is 9.15. The van der Waals surface area contributed by atoms with Crippen molar-refractivity contribution in [2.45, 2.75) is 57.5 Å². The first-order valence-corrected chi connectivity index (χ1v) is 13.5. The van der Waals surface area contributed by atoms with E-state index in [2.05, 4.69) is 13.0 Å². The van der Waals surface area contributed by atoms with Gasteiger partial charge >= 0.3 is 12.1 Å². The zero-order chi connectivity index (χ0) is 26.3. The van der Waals surface area contributed by atoms with Crippen LogP contribution in [-0.4, -0.2) is 18.2 Å². The van der Waals surface area contributed by atoms with Gasteiger partial charge in [-0.25, -0.2) is 9.59 Å². The molecule has 5 atom stereocenters. The van der Waals surface area contributed by atoms with Crippen molar-refractivity contribution in [2.24, 2.45) is 17.3 Å². The normalized spacial score (nSPS) is 27.4. The van der Waals surface area contributed by atoms with Gasteiger partial charge in [-0.05, 0) is 116 Å². The van der Waals surface area contributed by atoms with Crippen LogP contribution in [0.25, 0.3) is 0 Å². The van der Waals surface area contributed by atoms with Gasteiger partial charge in [0.25, 0.3) is 0 Å². The van der Waals surface area contributed by atoms with E-state index in [1.165, 1.54) is 11.1 Å². The second-order valence-corrected chi connectivity index (χ2v) is 11.2. The maximum absolute atomic E-state index is 12.6. The minimum Gasteiger partial charge on any atom is -0.430 e. The molecule has 196 valence electrons. The molecular weight excluding hydrogens is 478 g/mol. The minimum atomic E-state index is -0.643. The highest BCUT2D eigenvalue weighted by Gasteiger charge is 2.56. The van der Waals surface area contributed by atoms with Crippen LogP contribution in [0.15, 0.2) is 72.8 Å². The molecule has 2 saturated carbocycles. The summed E-state index contributed by atoms with van der Waals surface area (Å²) >= 11 is 0. The SMILES string of the molecule is CC12CCC3c4ccc(OC(=O)c5ccccc5)cc4CCC3C1CCC2OC(=O)Oc1ccc(N)cc1. The number of hydrogen-bond acceptors (Lipinski definition) is 6. The molecule has 0 aromatic heterocycles. The Morgan fingerprint density at radius 2 is 1.63 bits per heavy atom. The third kappa shape index (κ3) is 4.53. The van der Waals surface area contributed by atoms with Crippen LogP contribution in [0.5, 0.6) is 11.5 Å². The number of carbonyl (C=O) groups excluding carboxylic acids is 2. The van der Waals surface area contributed by atoms with Gasteiger partial charge in [0, 0.05) is 11.1 Å². The Bertz CT molecular complexity index is 1340. The summed E-state index contributed by atoms with van der Waals surface area (Å²) in [5.41, 5.74) is 9.50. The molecule has 5 unspecified atom stereocenters. The summed E-state index contributed by atoms with van der Waals surface area (Å²) in [5, 5.41) is 0. The number of rotatable bonds is 4. The van der Waals surface area contributed by atoms with E-state index in [1.54, 1.807) is 36.4 Å². The maximum atomic E-state index is 12.6. The van der Waals surface area contributed by atoms with E-state index in [-0.39, 0.29) is 17.5 Å². The van der Waals surface area contributed by atoms with Crippen molar-refractivity contribution in [2.75, 3.05) is 5.73 Å². The molecule has 6 heteroatoms. The Balaban J connectivity index is 1.13. The van der Waals surface area contributed by atoms with Crippen LogP contribution in [0.3, 0.4) is 0 Å². The van der Waals surface area contributed by atoms with Crippen LogP contribution in [0, 0.1) is 17.3 Å². The van der Waals surface area contributed by atoms with Gasteiger partial charge in [-0.2, -0.15) is 0 Å². The molecule has 3 aliphatic rings. The van der Waals surface area contributed by atoms with E-state index < -0.39 is 6.16 Å². The summed E-state index contributed by atoms with van der Waals surface area (Å²) < 4.78 is 17.0. The van der Waals surface area contributed by atoms with E-state index in [9.17, 15) is 9.59 Å². The van der Waals surface area contributed by atoms with Crippen molar-refractivity contribution in [3.63, 3.8) is 0 Å². The van der Waals surface area contributed by atoms with Crippen molar-refractivity contribution >= 4 is 17.8 Å². The Kier molecular flexibility index (Phi) is 6.34. The topological polar surface area (TPSA) is 87.8 Å². The zero-order valence-corrected chi connectivity index (χ0v) is 21.6. The molecule has 3 aromatic rings. The lowest BCUT2D eigenvalue weighted by Gasteiger charge is -2.50. The average molecular weight is 512 g/mol. The number of nitrogen functional groups attached to an aromatic ring is 1. The summed E-state index contributed by atoms with van der Waals surface area (Å²) in [6.07, 6.45) is 5.25. The van der Waals surface area contributed by atoms with E-state index in [0.29, 0.717) is 40.5 Å². The third-order valence-electron chi connectivity index (χ3n) is 9.15. The van der Waals surface area contributed by atoms with Crippen LogP contribution in [0.2, 0.25) is 0 Å². The fourth-order valence-electron chi connectivity index (χ4n) is 7.28. The second-order valence-electron chi connectivity index (χ2n) is 11.2. The minimum absolute atomic E-state index is 0.0516. The summed E-state index contributed by atoms with van der Waals surface area (Å²) in [5.74, 6) is 2.24. The smallest absolute Gasteiger partial charge is 0.430 e. The first kappa shape index (κ1) is 24.5. The Morgan fingerprint density at radius 3 is 2.42 bits per heavy atom. The lowest BCUT2D eigenvalue weighted by molar-refractivity contribution is -0.0431. The van der Waals surface area contributed by atoms with Gasteiger partial charge in [0.15, 0.2) is 0 Å². The van der Waals surface area contributed by atoms with E-state index >= 15 is 0 Å². The maximum Gasteiger partial charge on any atom is 0.514 e. The Morgan fingerprint density at radius 1 is 0.868 bits per heavy atom. The highest BCUT2D eigenvalue weighted by atomic mass is 16.7. The zero-order valence-electron chi connectivity index (χ0n) is 21.6. The van der Waals surface area contributed by atoms with Gasteiger partial charge in [-0.3, -0.25) is 0 Å². The standard InChI is InChI=1S/C32H33NO5/c1-32-18-17-26-25-14-12-24(36-30(34)20-5-3-2-4-6-20)19-21(25)7-13-27(26)28(32)15-16-29(32)38-31(35)37-23-10-8-22(33)9-11-23/h2-6,8-12,14,19,26-29H,7,13,15-18,33H2,1H3.